The average Bonchev–Trinajstić information content (AvgIpc) is 2.67. The van der Waals surface area contributed by atoms with Gasteiger partial charge in [0.05, 0.1) is 7.11 Å². The smallest absolute Gasteiger partial charge is 0.350 e. The van der Waals surface area contributed by atoms with Crippen LogP contribution in [0.5, 0.6) is 5.75 Å². The molecule has 29 heavy (non-hydrogen) atoms. The zero-order chi connectivity index (χ0) is 21.0. The van der Waals surface area contributed by atoms with E-state index >= 15 is 0 Å². The molecule has 0 saturated carbocycles. The normalized spacial score (nSPS) is 15.1. The Morgan fingerprint density at radius 1 is 1.00 bits per heavy atom. The monoisotopic (exact) mass is 396 g/mol. The summed E-state index contributed by atoms with van der Waals surface area (Å²) in [5.74, 6) is -2.58. The number of amides is 1. The lowest BCUT2D eigenvalue weighted by Crippen LogP contribution is -2.42. The summed E-state index contributed by atoms with van der Waals surface area (Å²) >= 11 is 0. The first-order valence-corrected chi connectivity index (χ1v) is 8.76. The number of hydrogen-bond acceptors (Lipinski definition) is 7. The molecule has 0 bridgehead atoms. The second-order valence-corrected chi connectivity index (χ2v) is 6.65. The molecule has 1 aliphatic rings. The first-order chi connectivity index (χ1) is 13.8. The van der Waals surface area contributed by atoms with Gasteiger partial charge >= 0.3 is 11.9 Å². The van der Waals surface area contributed by atoms with E-state index in [9.17, 15) is 14.4 Å². The molecule has 150 valence electrons. The number of esters is 2. The van der Waals surface area contributed by atoms with Crippen molar-refractivity contribution in [2.24, 2.45) is 0 Å². The first kappa shape index (κ1) is 19.9. The van der Waals surface area contributed by atoms with Crippen molar-refractivity contribution in [3.05, 3.63) is 65.9 Å². The highest BCUT2D eigenvalue weighted by molar-refractivity contribution is 6.15. The average molecular weight is 396 g/mol. The third kappa shape index (κ3) is 4.92. The maximum Gasteiger partial charge on any atom is 0.350 e. The lowest BCUT2D eigenvalue weighted by Gasteiger charge is -2.29. The van der Waals surface area contributed by atoms with Gasteiger partial charge in [-0.1, -0.05) is 12.1 Å². The fourth-order valence-corrected chi connectivity index (χ4v) is 2.59. The van der Waals surface area contributed by atoms with E-state index in [1.807, 2.05) is 0 Å². The summed E-state index contributed by atoms with van der Waals surface area (Å²) in [6.07, 6.45) is 1.19. The quantitative estimate of drug-likeness (QED) is 0.455. The van der Waals surface area contributed by atoms with E-state index in [2.05, 4.69) is 10.6 Å². The standard InChI is InChI=1S/C21H20N2O6/c1-21(2)28-19(25)17(20(26)29-21)12-22-14-7-4-6-13(10-14)18(24)23-15-8-5-9-16(11-15)27-3/h4-12,22H,1-3H3,(H,23,24). The summed E-state index contributed by atoms with van der Waals surface area (Å²) in [7, 11) is 1.55. The first-order valence-electron chi connectivity index (χ1n) is 8.76. The Hall–Kier alpha value is -3.81. The van der Waals surface area contributed by atoms with Crippen molar-refractivity contribution < 1.29 is 28.6 Å². The number of anilines is 2. The topological polar surface area (TPSA) is 103 Å². The van der Waals surface area contributed by atoms with Gasteiger partial charge in [0.15, 0.2) is 5.57 Å². The summed E-state index contributed by atoms with van der Waals surface area (Å²) in [4.78, 5) is 36.4. The van der Waals surface area contributed by atoms with Gasteiger partial charge in [0.2, 0.25) is 0 Å². The SMILES string of the molecule is COc1cccc(NC(=O)c2cccc(NC=C3C(=O)OC(C)(C)OC3=O)c2)c1. The van der Waals surface area contributed by atoms with Crippen LogP contribution in [-0.4, -0.2) is 30.7 Å². The number of nitrogens with one attached hydrogen (secondary N) is 2. The van der Waals surface area contributed by atoms with Gasteiger partial charge in [-0.3, -0.25) is 4.79 Å². The van der Waals surface area contributed by atoms with Crippen molar-refractivity contribution in [2.45, 2.75) is 19.6 Å². The van der Waals surface area contributed by atoms with Crippen molar-refractivity contribution in [1.29, 1.82) is 0 Å². The highest BCUT2D eigenvalue weighted by Crippen LogP contribution is 2.23. The van der Waals surface area contributed by atoms with Gasteiger partial charge < -0.3 is 24.8 Å². The molecule has 1 saturated heterocycles. The van der Waals surface area contributed by atoms with Gasteiger partial charge in [-0.25, -0.2) is 9.59 Å². The van der Waals surface area contributed by atoms with E-state index in [4.69, 9.17) is 14.2 Å². The number of cyclic esters (lactones) is 2. The van der Waals surface area contributed by atoms with E-state index < -0.39 is 17.7 Å². The van der Waals surface area contributed by atoms with Gasteiger partial charge in [0.25, 0.3) is 11.7 Å². The van der Waals surface area contributed by atoms with Crippen LogP contribution in [0.25, 0.3) is 0 Å². The van der Waals surface area contributed by atoms with E-state index in [0.29, 0.717) is 22.7 Å². The molecule has 3 rings (SSSR count). The highest BCUT2D eigenvalue weighted by Gasteiger charge is 2.38. The van der Waals surface area contributed by atoms with Gasteiger partial charge in [-0.15, -0.1) is 0 Å². The Kier molecular flexibility index (Phi) is 5.54. The molecule has 1 heterocycles. The zero-order valence-corrected chi connectivity index (χ0v) is 16.1. The van der Waals surface area contributed by atoms with Gasteiger partial charge in [0, 0.05) is 43.1 Å². The Morgan fingerprint density at radius 2 is 1.66 bits per heavy atom. The molecule has 8 heteroatoms. The van der Waals surface area contributed by atoms with Crippen LogP contribution in [0.15, 0.2) is 60.3 Å². The maximum absolute atomic E-state index is 12.5. The highest BCUT2D eigenvalue weighted by atomic mass is 16.7. The van der Waals surface area contributed by atoms with Crippen LogP contribution in [0.4, 0.5) is 11.4 Å². The Morgan fingerprint density at radius 3 is 2.34 bits per heavy atom. The Labute approximate surface area is 167 Å². The number of benzene rings is 2. The number of carbonyl (C=O) groups excluding carboxylic acids is 3. The number of hydrogen-bond donors (Lipinski definition) is 2. The van der Waals surface area contributed by atoms with E-state index in [-0.39, 0.29) is 11.5 Å². The van der Waals surface area contributed by atoms with Crippen molar-refractivity contribution in [3.8, 4) is 5.75 Å². The molecule has 0 aliphatic carbocycles. The molecule has 0 radical (unpaired) electrons. The van der Waals surface area contributed by atoms with Crippen molar-refractivity contribution in [3.63, 3.8) is 0 Å². The van der Waals surface area contributed by atoms with Crippen molar-refractivity contribution >= 4 is 29.2 Å². The van der Waals surface area contributed by atoms with Crippen LogP contribution < -0.4 is 15.4 Å². The molecule has 2 N–H and O–H groups in total. The summed E-state index contributed by atoms with van der Waals surface area (Å²) in [5.41, 5.74) is 1.20. The molecule has 2 aromatic carbocycles. The molecule has 0 aromatic heterocycles. The van der Waals surface area contributed by atoms with Crippen LogP contribution in [0.2, 0.25) is 0 Å². The Balaban J connectivity index is 1.71. The van der Waals surface area contributed by atoms with Crippen LogP contribution in [-0.2, 0) is 19.1 Å². The predicted octanol–water partition coefficient (Wildman–Crippen LogP) is 3.08. The second-order valence-electron chi connectivity index (χ2n) is 6.65. The molecule has 0 unspecified atom stereocenters. The van der Waals surface area contributed by atoms with Crippen LogP contribution in [0, 0.1) is 0 Å². The lowest BCUT2D eigenvalue weighted by molar-refractivity contribution is -0.222. The molecular formula is C21H20N2O6. The number of rotatable bonds is 5. The van der Waals surface area contributed by atoms with E-state index in [1.165, 1.54) is 20.0 Å². The summed E-state index contributed by atoms with van der Waals surface area (Å²) in [6.45, 7) is 2.94. The minimum absolute atomic E-state index is 0.268. The summed E-state index contributed by atoms with van der Waals surface area (Å²) in [5, 5.41) is 5.59. The van der Waals surface area contributed by atoms with Gasteiger partial charge in [-0.05, 0) is 30.3 Å². The molecule has 1 fully saturated rings. The number of methoxy groups -OCH3 is 1. The minimum atomic E-state index is -1.30. The number of carbonyl (C=O) groups is 3. The molecule has 0 spiro atoms. The minimum Gasteiger partial charge on any atom is -0.497 e. The lowest BCUT2D eigenvalue weighted by atomic mass is 10.1. The third-order valence-corrected chi connectivity index (χ3v) is 3.95. The van der Waals surface area contributed by atoms with E-state index in [0.717, 1.165) is 0 Å². The Bertz CT molecular complexity index is 974. The van der Waals surface area contributed by atoms with Crippen LogP contribution in [0.1, 0.15) is 24.2 Å². The fourth-order valence-electron chi connectivity index (χ4n) is 2.59. The number of ether oxygens (including phenoxy) is 3. The molecule has 1 amide bonds. The van der Waals surface area contributed by atoms with Crippen molar-refractivity contribution in [2.75, 3.05) is 17.7 Å². The molecular weight excluding hydrogens is 376 g/mol. The molecule has 0 atom stereocenters. The second kappa shape index (κ2) is 8.05. The molecule has 8 nitrogen and oxygen atoms in total. The predicted molar refractivity (Wildman–Crippen MR) is 105 cm³/mol. The molecule has 1 aliphatic heterocycles. The van der Waals surface area contributed by atoms with Gasteiger partial charge in [0.1, 0.15) is 5.75 Å². The van der Waals surface area contributed by atoms with E-state index in [1.54, 1.807) is 55.6 Å². The zero-order valence-electron chi connectivity index (χ0n) is 16.1. The van der Waals surface area contributed by atoms with Gasteiger partial charge in [-0.2, -0.15) is 0 Å². The maximum atomic E-state index is 12.5. The third-order valence-electron chi connectivity index (χ3n) is 3.95. The van der Waals surface area contributed by atoms with Crippen LogP contribution >= 0.6 is 0 Å². The largest absolute Gasteiger partial charge is 0.497 e. The summed E-state index contributed by atoms with van der Waals surface area (Å²) < 4.78 is 15.2. The molecule has 2 aromatic rings. The van der Waals surface area contributed by atoms with Crippen molar-refractivity contribution in [1.82, 2.24) is 0 Å². The van der Waals surface area contributed by atoms with Crippen LogP contribution in [0.3, 0.4) is 0 Å². The fraction of sp³-hybridized carbons (Fsp3) is 0.190. The summed E-state index contributed by atoms with van der Waals surface area (Å²) in [6, 6.07) is 13.6.